The van der Waals surface area contributed by atoms with Crippen molar-refractivity contribution < 1.29 is 9.90 Å². The van der Waals surface area contributed by atoms with E-state index in [1.165, 1.54) is 31.7 Å². The molecule has 0 radical (unpaired) electrons. The lowest BCUT2D eigenvalue weighted by atomic mass is 10.1. The molecular weight excluding hydrogens is 228 g/mol. The largest absolute Gasteiger partial charge is 0.506 e. The van der Waals surface area contributed by atoms with Gasteiger partial charge in [-0.15, -0.1) is 0 Å². The molecule has 0 aliphatic heterocycles. The molecule has 98 valence electrons. The van der Waals surface area contributed by atoms with Crippen LogP contribution < -0.4 is 11.1 Å². The minimum atomic E-state index is -0.128. The van der Waals surface area contributed by atoms with Gasteiger partial charge in [-0.25, -0.2) is 0 Å². The summed E-state index contributed by atoms with van der Waals surface area (Å²) in [6, 6.07) is 4.87. The van der Waals surface area contributed by atoms with Crippen LogP contribution in [0.15, 0.2) is 18.2 Å². The normalized spacial score (nSPS) is 17.1. The van der Waals surface area contributed by atoms with Crippen molar-refractivity contribution in [3.63, 3.8) is 0 Å². The third kappa shape index (κ3) is 3.15. The monoisotopic (exact) mass is 248 g/mol. The van der Waals surface area contributed by atoms with Gasteiger partial charge in [0, 0.05) is 11.6 Å². The van der Waals surface area contributed by atoms with Crippen molar-refractivity contribution in [1.29, 1.82) is 0 Å². The number of benzene rings is 1. The Labute approximate surface area is 107 Å². The maximum Gasteiger partial charge on any atom is 0.251 e. The zero-order valence-corrected chi connectivity index (χ0v) is 10.5. The number of anilines is 1. The number of amides is 1. The average Bonchev–Trinajstić information content (AvgIpc) is 2.61. The number of hydrogen-bond acceptors (Lipinski definition) is 3. The summed E-state index contributed by atoms with van der Waals surface area (Å²) >= 11 is 0. The molecule has 0 atom stereocenters. The first kappa shape index (κ1) is 12.7. The predicted molar refractivity (Wildman–Crippen MR) is 71.5 cm³/mol. The first-order chi connectivity index (χ1) is 8.66. The third-order valence-corrected chi connectivity index (χ3v) is 3.48. The van der Waals surface area contributed by atoms with Crippen molar-refractivity contribution in [3.8, 4) is 5.75 Å². The lowest BCUT2D eigenvalue weighted by molar-refractivity contribution is 0.0933. The molecule has 2 rings (SSSR count). The van der Waals surface area contributed by atoms with E-state index in [0.717, 1.165) is 12.8 Å². The number of carbonyl (C=O) groups excluding carboxylic acids is 1. The van der Waals surface area contributed by atoms with Crippen LogP contribution in [-0.4, -0.2) is 17.1 Å². The van der Waals surface area contributed by atoms with Crippen molar-refractivity contribution in [2.75, 3.05) is 5.73 Å². The van der Waals surface area contributed by atoms with Gasteiger partial charge >= 0.3 is 0 Å². The molecule has 4 heteroatoms. The van der Waals surface area contributed by atoms with E-state index in [9.17, 15) is 9.90 Å². The highest BCUT2D eigenvalue weighted by Crippen LogP contribution is 2.21. The number of nitrogens with two attached hydrogens (primary N) is 1. The molecule has 1 aromatic rings. The van der Waals surface area contributed by atoms with E-state index in [-0.39, 0.29) is 17.7 Å². The summed E-state index contributed by atoms with van der Waals surface area (Å²) < 4.78 is 0. The van der Waals surface area contributed by atoms with Gasteiger partial charge in [0.05, 0.1) is 5.69 Å². The van der Waals surface area contributed by atoms with E-state index >= 15 is 0 Å². The number of carbonyl (C=O) groups is 1. The minimum absolute atomic E-state index is 0.0384. The van der Waals surface area contributed by atoms with Crippen molar-refractivity contribution >= 4 is 11.6 Å². The number of nitrogens with one attached hydrogen (secondary N) is 1. The van der Waals surface area contributed by atoms with Crippen molar-refractivity contribution in [3.05, 3.63) is 23.8 Å². The van der Waals surface area contributed by atoms with Gasteiger partial charge in [-0.2, -0.15) is 0 Å². The van der Waals surface area contributed by atoms with Crippen molar-refractivity contribution in [1.82, 2.24) is 5.32 Å². The Balaban J connectivity index is 1.99. The van der Waals surface area contributed by atoms with Gasteiger partial charge in [0.2, 0.25) is 0 Å². The molecule has 0 aromatic heterocycles. The van der Waals surface area contributed by atoms with Crippen molar-refractivity contribution in [2.24, 2.45) is 0 Å². The lowest BCUT2D eigenvalue weighted by Gasteiger charge is -2.16. The highest BCUT2D eigenvalue weighted by Gasteiger charge is 2.16. The van der Waals surface area contributed by atoms with Crippen LogP contribution in [0, 0.1) is 0 Å². The van der Waals surface area contributed by atoms with Gasteiger partial charge in [0.15, 0.2) is 0 Å². The van der Waals surface area contributed by atoms with E-state index < -0.39 is 0 Å². The summed E-state index contributed by atoms with van der Waals surface area (Å²) in [5, 5.41) is 12.5. The summed E-state index contributed by atoms with van der Waals surface area (Å²) in [4.78, 5) is 12.0. The van der Waals surface area contributed by atoms with Crippen LogP contribution in [0.2, 0.25) is 0 Å². The van der Waals surface area contributed by atoms with Gasteiger partial charge in [0.1, 0.15) is 5.75 Å². The van der Waals surface area contributed by atoms with E-state index in [1.54, 1.807) is 12.1 Å². The second-order valence-electron chi connectivity index (χ2n) is 4.94. The summed E-state index contributed by atoms with van der Waals surface area (Å²) in [5.41, 5.74) is 6.27. The molecule has 0 unspecified atom stereocenters. The summed E-state index contributed by atoms with van der Waals surface area (Å²) in [6.07, 6.45) is 6.97. The topological polar surface area (TPSA) is 75.4 Å². The molecule has 0 spiro atoms. The van der Waals surface area contributed by atoms with Gasteiger partial charge in [-0.3, -0.25) is 4.79 Å². The minimum Gasteiger partial charge on any atom is -0.506 e. The maximum absolute atomic E-state index is 12.0. The number of nitrogen functional groups attached to an aromatic ring is 1. The fourth-order valence-electron chi connectivity index (χ4n) is 2.38. The molecular formula is C14H20N2O2. The summed E-state index contributed by atoms with van der Waals surface area (Å²) in [5.74, 6) is -0.166. The second kappa shape index (κ2) is 5.76. The average molecular weight is 248 g/mol. The molecule has 1 aliphatic rings. The molecule has 4 nitrogen and oxygen atoms in total. The fourth-order valence-corrected chi connectivity index (χ4v) is 2.38. The molecule has 1 saturated carbocycles. The Morgan fingerprint density at radius 2 is 1.89 bits per heavy atom. The number of hydrogen-bond donors (Lipinski definition) is 3. The van der Waals surface area contributed by atoms with Crippen LogP contribution in [0.4, 0.5) is 5.69 Å². The Bertz CT molecular complexity index is 424. The molecule has 0 heterocycles. The van der Waals surface area contributed by atoms with E-state index in [1.807, 2.05) is 0 Å². The maximum atomic E-state index is 12.0. The van der Waals surface area contributed by atoms with Crippen LogP contribution in [0.25, 0.3) is 0 Å². The van der Waals surface area contributed by atoms with Gasteiger partial charge in [0.25, 0.3) is 5.91 Å². The quantitative estimate of drug-likeness (QED) is 0.427. The third-order valence-electron chi connectivity index (χ3n) is 3.48. The molecule has 0 saturated heterocycles. The lowest BCUT2D eigenvalue weighted by Crippen LogP contribution is -2.34. The Kier molecular flexibility index (Phi) is 4.07. The molecule has 1 fully saturated rings. The Morgan fingerprint density at radius 3 is 2.50 bits per heavy atom. The summed E-state index contributed by atoms with van der Waals surface area (Å²) in [6.45, 7) is 0. The van der Waals surface area contributed by atoms with Gasteiger partial charge in [-0.05, 0) is 31.0 Å². The van der Waals surface area contributed by atoms with E-state index in [2.05, 4.69) is 5.32 Å². The first-order valence-corrected chi connectivity index (χ1v) is 6.56. The van der Waals surface area contributed by atoms with Crippen LogP contribution in [0.3, 0.4) is 0 Å². The molecule has 18 heavy (non-hydrogen) atoms. The number of rotatable bonds is 2. The van der Waals surface area contributed by atoms with Gasteiger partial charge < -0.3 is 16.2 Å². The standard InChI is InChI=1S/C14H20N2O2/c15-12-8-7-10(9-13(12)17)14(18)16-11-5-3-1-2-4-6-11/h7-9,11,17H,1-6,15H2,(H,16,18). The SMILES string of the molecule is Nc1ccc(C(=O)NC2CCCCCC2)cc1O. The highest BCUT2D eigenvalue weighted by atomic mass is 16.3. The molecule has 0 bridgehead atoms. The zero-order chi connectivity index (χ0) is 13.0. The van der Waals surface area contributed by atoms with Crippen LogP contribution in [0.5, 0.6) is 5.75 Å². The number of phenolic OH excluding ortho intramolecular Hbond substituents is 1. The van der Waals surface area contributed by atoms with Crippen LogP contribution in [0.1, 0.15) is 48.9 Å². The molecule has 1 aromatic carbocycles. The van der Waals surface area contributed by atoms with E-state index in [4.69, 9.17) is 5.73 Å². The zero-order valence-electron chi connectivity index (χ0n) is 10.5. The van der Waals surface area contributed by atoms with E-state index in [0.29, 0.717) is 11.3 Å². The van der Waals surface area contributed by atoms with Crippen LogP contribution >= 0.6 is 0 Å². The number of aromatic hydroxyl groups is 1. The van der Waals surface area contributed by atoms with Crippen LogP contribution in [-0.2, 0) is 0 Å². The first-order valence-electron chi connectivity index (χ1n) is 6.56. The fraction of sp³-hybridized carbons (Fsp3) is 0.500. The highest BCUT2D eigenvalue weighted by molar-refractivity contribution is 5.95. The number of phenols is 1. The van der Waals surface area contributed by atoms with Gasteiger partial charge in [-0.1, -0.05) is 25.7 Å². The second-order valence-corrected chi connectivity index (χ2v) is 4.94. The molecule has 4 N–H and O–H groups in total. The smallest absolute Gasteiger partial charge is 0.251 e. The van der Waals surface area contributed by atoms with Crippen molar-refractivity contribution in [2.45, 2.75) is 44.6 Å². The predicted octanol–water partition coefficient (Wildman–Crippen LogP) is 2.43. The molecule has 1 amide bonds. The molecule has 1 aliphatic carbocycles. The Morgan fingerprint density at radius 1 is 1.22 bits per heavy atom. The summed E-state index contributed by atoms with van der Waals surface area (Å²) in [7, 11) is 0. The Hall–Kier alpha value is -1.71.